The minimum Gasteiger partial charge on any atom is -0.285 e. The van der Waals surface area contributed by atoms with Gasteiger partial charge in [-0.25, -0.2) is 4.68 Å². The first-order valence-electron chi connectivity index (χ1n) is 5.45. The molecule has 16 heavy (non-hydrogen) atoms. The van der Waals surface area contributed by atoms with Gasteiger partial charge in [-0.2, -0.15) is 5.10 Å². The number of allylic oxidation sites excluding steroid dienone is 2. The maximum atomic E-state index is 12.0. The van der Waals surface area contributed by atoms with E-state index >= 15 is 0 Å². The third kappa shape index (κ3) is 1.87. The lowest BCUT2D eigenvalue weighted by Gasteiger charge is -2.13. The van der Waals surface area contributed by atoms with E-state index in [0.29, 0.717) is 10.5 Å². The number of hydrogen-bond acceptors (Lipinski definition) is 3. The quantitative estimate of drug-likeness (QED) is 0.699. The van der Waals surface area contributed by atoms with Gasteiger partial charge in [0.15, 0.2) is 10.5 Å². The van der Waals surface area contributed by atoms with Crippen molar-refractivity contribution >= 4 is 17.8 Å². The van der Waals surface area contributed by atoms with Crippen molar-refractivity contribution in [3.63, 3.8) is 0 Å². The summed E-state index contributed by atoms with van der Waals surface area (Å²) in [7, 11) is 3.47. The molecule has 0 fully saturated rings. The van der Waals surface area contributed by atoms with Gasteiger partial charge >= 0.3 is 0 Å². The Kier molecular flexibility index (Phi) is 3.05. The first-order valence-corrected chi connectivity index (χ1v) is 5.86. The van der Waals surface area contributed by atoms with Gasteiger partial charge in [0.2, 0.25) is 0 Å². The predicted octanol–water partition coefficient (Wildman–Crippen LogP) is 1.81. The van der Waals surface area contributed by atoms with Crippen molar-refractivity contribution in [1.82, 2.24) is 14.3 Å². The minimum atomic E-state index is -0.0868. The molecule has 1 aliphatic rings. The number of rotatable bonds is 1. The Bertz CT molecular complexity index is 553. The lowest BCUT2D eigenvalue weighted by Crippen LogP contribution is -2.27. The smallest absolute Gasteiger partial charge is 0.280 e. The van der Waals surface area contributed by atoms with Crippen LogP contribution in [0, 0.1) is 4.77 Å². The van der Waals surface area contributed by atoms with Crippen LogP contribution in [0.15, 0.2) is 10.9 Å². The van der Waals surface area contributed by atoms with E-state index in [9.17, 15) is 4.79 Å². The van der Waals surface area contributed by atoms with Gasteiger partial charge in [-0.1, -0.05) is 6.08 Å². The summed E-state index contributed by atoms with van der Waals surface area (Å²) in [5, 5.41) is 4.27. The van der Waals surface area contributed by atoms with E-state index in [2.05, 4.69) is 11.2 Å². The molecular formula is C11H15N3OS. The molecule has 1 aromatic heterocycles. The summed E-state index contributed by atoms with van der Waals surface area (Å²) < 4.78 is 3.51. The van der Waals surface area contributed by atoms with E-state index in [-0.39, 0.29) is 5.56 Å². The van der Waals surface area contributed by atoms with E-state index < -0.39 is 0 Å². The van der Waals surface area contributed by atoms with E-state index in [1.807, 2.05) is 0 Å². The minimum absolute atomic E-state index is 0.0868. The standard InChI is InChI=1S/C11H15N3OS/c1-13-10(15)9(12-14(2)11(13)16)8-6-4-3-5-7-8/h6H,3-5,7H2,1-2H3. The summed E-state index contributed by atoms with van der Waals surface area (Å²) in [5.74, 6) is 0. The second kappa shape index (κ2) is 4.33. The molecule has 1 aliphatic carbocycles. The van der Waals surface area contributed by atoms with Gasteiger partial charge < -0.3 is 0 Å². The van der Waals surface area contributed by atoms with Gasteiger partial charge in [-0.3, -0.25) is 9.36 Å². The molecule has 0 unspecified atom stereocenters. The van der Waals surface area contributed by atoms with Crippen molar-refractivity contribution in [1.29, 1.82) is 0 Å². The Hall–Kier alpha value is -1.23. The van der Waals surface area contributed by atoms with Crippen LogP contribution in [-0.4, -0.2) is 14.3 Å². The van der Waals surface area contributed by atoms with E-state index in [1.54, 1.807) is 18.8 Å². The largest absolute Gasteiger partial charge is 0.285 e. The maximum Gasteiger partial charge on any atom is 0.280 e. The van der Waals surface area contributed by atoms with Crippen molar-refractivity contribution in [2.45, 2.75) is 25.7 Å². The van der Waals surface area contributed by atoms with Gasteiger partial charge in [0.25, 0.3) is 5.56 Å². The molecule has 0 atom stereocenters. The van der Waals surface area contributed by atoms with Gasteiger partial charge in [-0.05, 0) is 43.5 Å². The monoisotopic (exact) mass is 237 g/mol. The summed E-state index contributed by atoms with van der Waals surface area (Å²) in [6, 6.07) is 0. The molecule has 5 heteroatoms. The molecule has 0 bridgehead atoms. The Labute approximate surface area is 99.2 Å². The fourth-order valence-corrected chi connectivity index (χ4v) is 2.08. The van der Waals surface area contributed by atoms with Gasteiger partial charge in [-0.15, -0.1) is 0 Å². The molecular weight excluding hydrogens is 222 g/mol. The Balaban J connectivity index is 2.62. The molecule has 0 aliphatic heterocycles. The maximum absolute atomic E-state index is 12.0. The van der Waals surface area contributed by atoms with Crippen molar-refractivity contribution in [2.75, 3.05) is 0 Å². The number of hydrogen-bond donors (Lipinski definition) is 0. The van der Waals surface area contributed by atoms with Crippen LogP contribution in [0.3, 0.4) is 0 Å². The summed E-state index contributed by atoms with van der Waals surface area (Å²) in [6.45, 7) is 0. The first-order chi connectivity index (χ1) is 7.61. The van der Waals surface area contributed by atoms with Crippen molar-refractivity contribution < 1.29 is 0 Å². The number of aromatic nitrogens is 3. The Morgan fingerprint density at radius 2 is 2.12 bits per heavy atom. The highest BCUT2D eigenvalue weighted by Crippen LogP contribution is 2.22. The predicted molar refractivity (Wildman–Crippen MR) is 65.7 cm³/mol. The lowest BCUT2D eigenvalue weighted by atomic mass is 9.97. The molecule has 0 saturated heterocycles. The Morgan fingerprint density at radius 1 is 1.38 bits per heavy atom. The third-order valence-corrected chi connectivity index (χ3v) is 3.45. The Morgan fingerprint density at radius 3 is 2.75 bits per heavy atom. The molecule has 0 aromatic carbocycles. The van der Waals surface area contributed by atoms with Crippen LogP contribution < -0.4 is 5.56 Å². The van der Waals surface area contributed by atoms with E-state index in [4.69, 9.17) is 12.2 Å². The normalized spacial score (nSPS) is 16.0. The molecule has 0 amide bonds. The van der Waals surface area contributed by atoms with Gasteiger partial charge in [0, 0.05) is 14.1 Å². The second-order valence-electron chi connectivity index (χ2n) is 4.09. The van der Waals surface area contributed by atoms with Crippen molar-refractivity contribution in [3.05, 3.63) is 26.9 Å². The fourth-order valence-electron chi connectivity index (χ4n) is 1.95. The van der Waals surface area contributed by atoms with Crippen LogP contribution in [0.2, 0.25) is 0 Å². The van der Waals surface area contributed by atoms with Crippen LogP contribution in [0.5, 0.6) is 0 Å². The molecule has 1 heterocycles. The second-order valence-corrected chi connectivity index (χ2v) is 4.46. The molecule has 0 saturated carbocycles. The molecule has 0 radical (unpaired) electrons. The summed E-state index contributed by atoms with van der Waals surface area (Å²) in [6.07, 6.45) is 6.44. The molecule has 86 valence electrons. The van der Waals surface area contributed by atoms with Gasteiger partial charge in [0.1, 0.15) is 0 Å². The molecule has 2 rings (SSSR count). The highest BCUT2D eigenvalue weighted by Gasteiger charge is 2.13. The highest BCUT2D eigenvalue weighted by molar-refractivity contribution is 7.71. The zero-order chi connectivity index (χ0) is 11.7. The fraction of sp³-hybridized carbons (Fsp3) is 0.545. The third-order valence-electron chi connectivity index (χ3n) is 2.92. The van der Waals surface area contributed by atoms with Crippen LogP contribution in [0.1, 0.15) is 31.4 Å². The molecule has 0 N–H and O–H groups in total. The molecule has 0 spiro atoms. The lowest BCUT2D eigenvalue weighted by molar-refractivity contribution is 0.615. The number of aryl methyl sites for hydroxylation is 1. The number of nitrogens with zero attached hydrogens (tertiary/aromatic N) is 3. The van der Waals surface area contributed by atoms with Crippen molar-refractivity contribution in [3.8, 4) is 0 Å². The topological polar surface area (TPSA) is 39.8 Å². The summed E-state index contributed by atoms with van der Waals surface area (Å²) >= 11 is 5.09. The van der Waals surface area contributed by atoms with E-state index in [1.165, 1.54) is 11.0 Å². The molecule has 4 nitrogen and oxygen atoms in total. The van der Waals surface area contributed by atoms with Crippen LogP contribution >= 0.6 is 12.2 Å². The average Bonchev–Trinajstić information content (AvgIpc) is 2.32. The first kappa shape index (κ1) is 11.3. The molecule has 1 aromatic rings. The van der Waals surface area contributed by atoms with Crippen molar-refractivity contribution in [2.24, 2.45) is 14.1 Å². The van der Waals surface area contributed by atoms with E-state index in [0.717, 1.165) is 24.8 Å². The zero-order valence-electron chi connectivity index (χ0n) is 9.56. The SMILES string of the molecule is Cn1nc(C2=CCCCC2)c(=O)n(C)c1=S. The van der Waals surface area contributed by atoms with Gasteiger partial charge in [0.05, 0.1) is 0 Å². The highest BCUT2D eigenvalue weighted by atomic mass is 32.1. The summed E-state index contributed by atoms with van der Waals surface area (Å²) in [4.78, 5) is 12.0. The zero-order valence-corrected chi connectivity index (χ0v) is 10.4. The van der Waals surface area contributed by atoms with Crippen LogP contribution in [0.4, 0.5) is 0 Å². The van der Waals surface area contributed by atoms with Crippen LogP contribution in [0.25, 0.3) is 5.57 Å². The summed E-state index contributed by atoms with van der Waals surface area (Å²) in [5.41, 5.74) is 1.53. The average molecular weight is 237 g/mol. The van der Waals surface area contributed by atoms with Crippen LogP contribution in [-0.2, 0) is 14.1 Å².